The van der Waals surface area contributed by atoms with Gasteiger partial charge in [-0.15, -0.1) is 0 Å². The van der Waals surface area contributed by atoms with Crippen LogP contribution in [-0.2, 0) is 6.18 Å². The van der Waals surface area contributed by atoms with Crippen LogP contribution in [0.15, 0.2) is 35.3 Å². The molecule has 0 aliphatic carbocycles. The van der Waals surface area contributed by atoms with E-state index in [2.05, 4.69) is 9.98 Å². The Bertz CT molecular complexity index is 778. The largest absolute Gasteiger partial charge is 0.439 e. The minimum Gasteiger partial charge on any atom is -0.439 e. The average Bonchev–Trinajstić information content (AvgIpc) is 2.54. The topological polar surface area (TPSA) is 37.7 Å². The summed E-state index contributed by atoms with van der Waals surface area (Å²) < 4.78 is 44.1. The highest BCUT2D eigenvalue weighted by Gasteiger charge is 2.33. The Morgan fingerprint density at radius 2 is 2.00 bits per heavy atom. The van der Waals surface area contributed by atoms with Crippen LogP contribution in [0.3, 0.4) is 0 Å². The van der Waals surface area contributed by atoms with Crippen LogP contribution in [0.1, 0.15) is 18.2 Å². The van der Waals surface area contributed by atoms with Crippen LogP contribution in [0.4, 0.5) is 18.9 Å². The molecule has 1 aromatic carbocycles. The first-order valence-electron chi connectivity index (χ1n) is 7.47. The van der Waals surface area contributed by atoms with Crippen LogP contribution in [0, 0.1) is 6.92 Å². The van der Waals surface area contributed by atoms with Crippen LogP contribution < -0.4 is 4.74 Å². The number of hydrogen-bond donors (Lipinski definition) is 0. The maximum atomic E-state index is 12.9. The maximum absolute atomic E-state index is 12.9. The fourth-order valence-corrected chi connectivity index (χ4v) is 2.10. The lowest BCUT2D eigenvalue weighted by atomic mass is 10.2. The van der Waals surface area contributed by atoms with Crippen molar-refractivity contribution in [1.82, 2.24) is 9.88 Å². The molecule has 8 heteroatoms. The minimum atomic E-state index is -4.55. The van der Waals surface area contributed by atoms with Crippen molar-refractivity contribution < 1.29 is 17.9 Å². The zero-order valence-electron chi connectivity index (χ0n) is 13.9. The van der Waals surface area contributed by atoms with E-state index in [0.29, 0.717) is 11.4 Å². The van der Waals surface area contributed by atoms with Crippen LogP contribution in [0.5, 0.6) is 11.6 Å². The highest BCUT2D eigenvalue weighted by Crippen LogP contribution is 2.37. The summed E-state index contributed by atoms with van der Waals surface area (Å²) in [5.74, 6) is 0.182. The minimum absolute atomic E-state index is 0.00518. The van der Waals surface area contributed by atoms with Gasteiger partial charge < -0.3 is 9.64 Å². The Kier molecular flexibility index (Phi) is 5.89. The lowest BCUT2D eigenvalue weighted by molar-refractivity contribution is -0.137. The van der Waals surface area contributed by atoms with Crippen molar-refractivity contribution in [2.24, 2.45) is 4.99 Å². The summed E-state index contributed by atoms with van der Waals surface area (Å²) >= 11 is 5.59. The molecule has 0 atom stereocenters. The second kappa shape index (κ2) is 7.74. The Hall–Kier alpha value is -2.28. The number of pyridine rings is 1. The summed E-state index contributed by atoms with van der Waals surface area (Å²) in [5.41, 5.74) is 0.301. The first-order valence-corrected chi connectivity index (χ1v) is 7.85. The van der Waals surface area contributed by atoms with E-state index in [9.17, 15) is 13.2 Å². The molecule has 0 spiro atoms. The van der Waals surface area contributed by atoms with Gasteiger partial charge in [0.15, 0.2) is 0 Å². The van der Waals surface area contributed by atoms with E-state index in [0.717, 1.165) is 18.7 Å². The fraction of sp³-hybridized carbons (Fsp3) is 0.294. The Morgan fingerprint density at radius 1 is 1.28 bits per heavy atom. The molecular formula is C17H17ClF3N3O. The predicted octanol–water partition coefficient (Wildman–Crippen LogP) is 5.47. The maximum Gasteiger partial charge on any atom is 0.417 e. The van der Waals surface area contributed by atoms with Crippen molar-refractivity contribution in [3.8, 4) is 11.6 Å². The molecule has 2 aromatic rings. The Balaban J connectivity index is 2.22. The van der Waals surface area contributed by atoms with Gasteiger partial charge in [-0.1, -0.05) is 11.6 Å². The number of nitrogens with zero attached hydrogens (tertiary/aromatic N) is 3. The second-order valence-corrected chi connectivity index (χ2v) is 5.72. The van der Waals surface area contributed by atoms with E-state index in [1.54, 1.807) is 25.4 Å². The molecule has 0 saturated heterocycles. The number of ether oxygens (including phenoxy) is 1. The first-order chi connectivity index (χ1) is 11.7. The predicted molar refractivity (Wildman–Crippen MR) is 92.0 cm³/mol. The van der Waals surface area contributed by atoms with Gasteiger partial charge in [-0.25, -0.2) is 9.98 Å². The van der Waals surface area contributed by atoms with Gasteiger partial charge in [0, 0.05) is 19.7 Å². The van der Waals surface area contributed by atoms with E-state index in [-0.39, 0.29) is 16.7 Å². The number of hydrogen-bond acceptors (Lipinski definition) is 3. The number of alkyl halides is 3. The smallest absolute Gasteiger partial charge is 0.417 e. The number of aliphatic imine (C=N–C) groups is 1. The molecule has 0 unspecified atom stereocenters. The van der Waals surface area contributed by atoms with Crippen molar-refractivity contribution in [2.45, 2.75) is 20.0 Å². The Labute approximate surface area is 148 Å². The van der Waals surface area contributed by atoms with Gasteiger partial charge in [0.2, 0.25) is 5.88 Å². The molecule has 1 aromatic heterocycles. The van der Waals surface area contributed by atoms with E-state index in [1.807, 2.05) is 18.9 Å². The third-order valence-electron chi connectivity index (χ3n) is 3.39. The standard InChI is InChI=1S/C17H17ClF3N3O/c1-4-24(3)10-22-15-7-8-16(23-11(15)2)25-12-5-6-14(18)13(9-12)17(19,20)21/h5-10H,4H2,1-3H3. The number of benzene rings is 1. The number of aryl methyl sites for hydroxylation is 1. The molecule has 0 aliphatic rings. The van der Waals surface area contributed by atoms with E-state index in [4.69, 9.17) is 16.3 Å². The van der Waals surface area contributed by atoms with Crippen molar-refractivity contribution >= 4 is 23.6 Å². The summed E-state index contributed by atoms with van der Waals surface area (Å²) in [6.07, 6.45) is -2.87. The molecule has 25 heavy (non-hydrogen) atoms. The average molecular weight is 372 g/mol. The number of halogens is 4. The molecule has 0 fully saturated rings. The lowest BCUT2D eigenvalue weighted by Gasteiger charge is -2.12. The molecular weight excluding hydrogens is 355 g/mol. The monoisotopic (exact) mass is 371 g/mol. The molecule has 0 aliphatic heterocycles. The number of rotatable bonds is 5. The summed E-state index contributed by atoms with van der Waals surface area (Å²) in [6.45, 7) is 4.55. The normalized spacial score (nSPS) is 11.8. The van der Waals surface area contributed by atoms with E-state index >= 15 is 0 Å². The summed E-state index contributed by atoms with van der Waals surface area (Å²) in [4.78, 5) is 10.4. The zero-order valence-corrected chi connectivity index (χ0v) is 14.7. The van der Waals surface area contributed by atoms with Crippen molar-refractivity contribution in [3.63, 3.8) is 0 Å². The summed E-state index contributed by atoms with van der Waals surface area (Å²) in [6, 6.07) is 6.59. The molecule has 134 valence electrons. The van der Waals surface area contributed by atoms with E-state index in [1.165, 1.54) is 6.07 Å². The lowest BCUT2D eigenvalue weighted by Crippen LogP contribution is -2.14. The van der Waals surface area contributed by atoms with Gasteiger partial charge in [-0.3, -0.25) is 0 Å². The second-order valence-electron chi connectivity index (χ2n) is 5.31. The summed E-state index contributed by atoms with van der Waals surface area (Å²) in [7, 11) is 1.89. The molecule has 0 amide bonds. The molecule has 1 heterocycles. The number of aromatic nitrogens is 1. The van der Waals surface area contributed by atoms with Crippen LogP contribution >= 0.6 is 11.6 Å². The zero-order chi connectivity index (χ0) is 18.6. The molecule has 4 nitrogen and oxygen atoms in total. The third-order valence-corrected chi connectivity index (χ3v) is 3.72. The van der Waals surface area contributed by atoms with Gasteiger partial charge >= 0.3 is 6.18 Å². The van der Waals surface area contributed by atoms with Crippen molar-refractivity contribution in [2.75, 3.05) is 13.6 Å². The molecule has 0 radical (unpaired) electrons. The third kappa shape index (κ3) is 5.09. The van der Waals surface area contributed by atoms with Crippen LogP contribution in [0.25, 0.3) is 0 Å². The highest BCUT2D eigenvalue weighted by atomic mass is 35.5. The highest BCUT2D eigenvalue weighted by molar-refractivity contribution is 6.31. The fourth-order valence-electron chi connectivity index (χ4n) is 1.87. The molecule has 0 bridgehead atoms. The van der Waals surface area contributed by atoms with E-state index < -0.39 is 11.7 Å². The van der Waals surface area contributed by atoms with Crippen molar-refractivity contribution in [1.29, 1.82) is 0 Å². The molecule has 2 rings (SSSR count). The quantitative estimate of drug-likeness (QED) is 0.517. The SMILES string of the molecule is CCN(C)C=Nc1ccc(Oc2ccc(Cl)c(C(F)(F)F)c2)nc1C. The van der Waals surface area contributed by atoms with Crippen molar-refractivity contribution in [3.05, 3.63) is 46.6 Å². The van der Waals surface area contributed by atoms with Gasteiger partial charge in [0.1, 0.15) is 5.75 Å². The van der Waals surface area contributed by atoms with Gasteiger partial charge in [0.05, 0.1) is 28.3 Å². The van der Waals surface area contributed by atoms with Crippen LogP contribution in [0.2, 0.25) is 5.02 Å². The molecule has 0 N–H and O–H groups in total. The molecule has 0 saturated carbocycles. The Morgan fingerprint density at radius 3 is 2.60 bits per heavy atom. The summed E-state index contributed by atoms with van der Waals surface area (Å²) in [5, 5.41) is -0.381. The van der Waals surface area contributed by atoms with Gasteiger partial charge in [-0.2, -0.15) is 13.2 Å². The van der Waals surface area contributed by atoms with Gasteiger partial charge in [0.25, 0.3) is 0 Å². The van der Waals surface area contributed by atoms with Gasteiger partial charge in [-0.05, 0) is 38.1 Å². The first kappa shape index (κ1) is 19.1. The van der Waals surface area contributed by atoms with Crippen LogP contribution in [-0.4, -0.2) is 29.8 Å².